The van der Waals surface area contributed by atoms with Gasteiger partial charge in [-0.1, -0.05) is 6.58 Å². The monoisotopic (exact) mass is 113 g/mol. The minimum absolute atomic E-state index is 0.650. The first-order valence-electron chi connectivity index (χ1n) is 2.41. The molecule has 0 N–H and O–H groups in total. The fourth-order valence-corrected chi connectivity index (χ4v) is 0.314. The summed E-state index contributed by atoms with van der Waals surface area (Å²) in [5.41, 5.74) is 0.768. The molecular weight excluding hydrogens is 102 g/mol. The molecule has 8 heavy (non-hydrogen) atoms. The van der Waals surface area contributed by atoms with E-state index in [0.717, 1.165) is 5.70 Å². The van der Waals surface area contributed by atoms with Crippen LogP contribution in [0.25, 0.3) is 0 Å². The molecule has 0 aromatic rings. The van der Waals surface area contributed by atoms with Crippen molar-refractivity contribution in [2.45, 2.75) is 13.8 Å². The topological polar surface area (TPSA) is 21.6 Å². The van der Waals surface area contributed by atoms with Crippen LogP contribution in [0.5, 0.6) is 0 Å². The smallest absolute Gasteiger partial charge is 0.184 e. The fraction of sp³-hybridized carbons (Fsp3) is 0.500. The number of allylic oxidation sites excluding steroid dienone is 1. The van der Waals surface area contributed by atoms with Crippen molar-refractivity contribution >= 4 is 5.90 Å². The quantitative estimate of drug-likeness (QED) is 0.373. The first-order chi connectivity index (χ1) is 3.66. The zero-order valence-electron chi connectivity index (χ0n) is 5.56. The molecule has 0 saturated carbocycles. The van der Waals surface area contributed by atoms with Crippen LogP contribution in [0.3, 0.4) is 0 Å². The van der Waals surface area contributed by atoms with Crippen LogP contribution in [0.1, 0.15) is 13.8 Å². The zero-order valence-corrected chi connectivity index (χ0v) is 5.56. The Hall–Kier alpha value is -0.790. The minimum Gasteiger partial charge on any atom is -0.484 e. The third kappa shape index (κ3) is 3.40. The first-order valence-corrected chi connectivity index (χ1v) is 2.41. The first kappa shape index (κ1) is 7.21. The lowest BCUT2D eigenvalue weighted by molar-refractivity contribution is 0.399. The van der Waals surface area contributed by atoms with Gasteiger partial charge in [0.25, 0.3) is 0 Å². The summed E-state index contributed by atoms with van der Waals surface area (Å²) in [6, 6.07) is 0. The van der Waals surface area contributed by atoms with Crippen LogP contribution in [0.2, 0.25) is 0 Å². The normalized spacial score (nSPS) is 11.1. The van der Waals surface area contributed by atoms with Crippen molar-refractivity contribution in [1.29, 1.82) is 0 Å². The van der Waals surface area contributed by atoms with E-state index in [1.807, 2.05) is 6.92 Å². The Kier molecular flexibility index (Phi) is 2.92. The Bertz CT molecular complexity index is 116. The number of hydrogen-bond donors (Lipinski definition) is 0. The van der Waals surface area contributed by atoms with Gasteiger partial charge in [0.1, 0.15) is 0 Å². The standard InChI is InChI=1S/C6H11NO/c1-5(2)7-6(3)8-4/h1H2,2-4H3. The van der Waals surface area contributed by atoms with Crippen molar-refractivity contribution in [3.8, 4) is 0 Å². The number of hydrogen-bond acceptors (Lipinski definition) is 2. The SMILES string of the molecule is C=C(C)N=C(C)OC. The molecule has 0 bridgehead atoms. The minimum atomic E-state index is 0.650. The molecule has 0 spiro atoms. The van der Waals surface area contributed by atoms with E-state index in [-0.39, 0.29) is 0 Å². The predicted molar refractivity (Wildman–Crippen MR) is 34.9 cm³/mol. The van der Waals surface area contributed by atoms with E-state index in [4.69, 9.17) is 4.74 Å². The Balaban J connectivity index is 3.75. The van der Waals surface area contributed by atoms with Crippen LogP contribution in [-0.2, 0) is 4.74 Å². The highest BCUT2D eigenvalue weighted by molar-refractivity contribution is 5.73. The summed E-state index contributed by atoms with van der Waals surface area (Å²) in [6.07, 6.45) is 0. The van der Waals surface area contributed by atoms with Gasteiger partial charge in [-0.05, 0) is 6.92 Å². The summed E-state index contributed by atoms with van der Waals surface area (Å²) < 4.78 is 4.75. The van der Waals surface area contributed by atoms with Crippen molar-refractivity contribution < 1.29 is 4.74 Å². The highest BCUT2D eigenvalue weighted by Crippen LogP contribution is 1.89. The lowest BCUT2D eigenvalue weighted by atomic mass is 10.6. The summed E-state index contributed by atoms with van der Waals surface area (Å²) in [5.74, 6) is 0.650. The van der Waals surface area contributed by atoms with Gasteiger partial charge in [0.2, 0.25) is 0 Å². The second-order valence-corrected chi connectivity index (χ2v) is 1.57. The highest BCUT2D eigenvalue weighted by Gasteiger charge is 1.82. The van der Waals surface area contributed by atoms with Crippen LogP contribution >= 0.6 is 0 Å². The van der Waals surface area contributed by atoms with Crippen molar-refractivity contribution in [1.82, 2.24) is 0 Å². The van der Waals surface area contributed by atoms with Crippen molar-refractivity contribution in [3.05, 3.63) is 12.3 Å². The van der Waals surface area contributed by atoms with E-state index >= 15 is 0 Å². The number of ether oxygens (including phenoxy) is 1. The van der Waals surface area contributed by atoms with E-state index in [1.165, 1.54) is 0 Å². The lowest BCUT2D eigenvalue weighted by Crippen LogP contribution is -1.92. The van der Waals surface area contributed by atoms with Crippen LogP contribution in [0.4, 0.5) is 0 Å². The molecule has 0 unspecified atom stereocenters. The largest absolute Gasteiger partial charge is 0.484 e. The Morgan fingerprint density at radius 3 is 2.12 bits per heavy atom. The molecular formula is C6H11NO. The third-order valence-electron chi connectivity index (χ3n) is 0.644. The molecule has 2 nitrogen and oxygen atoms in total. The van der Waals surface area contributed by atoms with Crippen molar-refractivity contribution in [2.75, 3.05) is 7.11 Å². The summed E-state index contributed by atoms with van der Waals surface area (Å²) >= 11 is 0. The molecule has 0 aliphatic carbocycles. The Morgan fingerprint density at radius 2 is 2.00 bits per heavy atom. The van der Waals surface area contributed by atoms with Crippen LogP contribution in [0.15, 0.2) is 17.3 Å². The molecule has 0 amide bonds. The number of methoxy groups -OCH3 is 1. The van der Waals surface area contributed by atoms with Crippen molar-refractivity contribution in [3.63, 3.8) is 0 Å². The maximum Gasteiger partial charge on any atom is 0.184 e. The molecule has 0 aromatic carbocycles. The molecule has 0 rings (SSSR count). The molecule has 2 heteroatoms. The predicted octanol–water partition coefficient (Wildman–Crippen LogP) is 1.58. The molecule has 0 aromatic heterocycles. The molecule has 0 heterocycles. The summed E-state index contributed by atoms with van der Waals surface area (Å²) in [7, 11) is 1.59. The van der Waals surface area contributed by atoms with Gasteiger partial charge in [-0.3, -0.25) is 0 Å². The van der Waals surface area contributed by atoms with E-state index in [0.29, 0.717) is 5.90 Å². The van der Waals surface area contributed by atoms with E-state index < -0.39 is 0 Å². The Labute approximate surface area is 49.9 Å². The van der Waals surface area contributed by atoms with E-state index in [9.17, 15) is 0 Å². The Morgan fingerprint density at radius 1 is 1.50 bits per heavy atom. The van der Waals surface area contributed by atoms with E-state index in [2.05, 4.69) is 11.6 Å². The molecule has 0 aliphatic rings. The summed E-state index contributed by atoms with van der Waals surface area (Å²) in [6.45, 7) is 7.18. The molecule has 0 aliphatic heterocycles. The third-order valence-corrected chi connectivity index (χ3v) is 0.644. The average Bonchev–Trinajstić information content (AvgIpc) is 1.65. The maximum absolute atomic E-state index is 4.75. The molecule has 0 saturated heterocycles. The van der Waals surface area contributed by atoms with Crippen molar-refractivity contribution in [2.24, 2.45) is 4.99 Å². The number of nitrogens with zero attached hydrogens (tertiary/aromatic N) is 1. The van der Waals surface area contributed by atoms with Gasteiger partial charge in [-0.25, -0.2) is 4.99 Å². The van der Waals surface area contributed by atoms with E-state index in [1.54, 1.807) is 14.0 Å². The number of aliphatic imine (C=N–C) groups is 1. The van der Waals surface area contributed by atoms with Gasteiger partial charge < -0.3 is 4.74 Å². The second-order valence-electron chi connectivity index (χ2n) is 1.57. The summed E-state index contributed by atoms with van der Waals surface area (Å²) in [5, 5.41) is 0. The van der Waals surface area contributed by atoms with Gasteiger partial charge in [-0.2, -0.15) is 0 Å². The lowest BCUT2D eigenvalue weighted by Gasteiger charge is -1.94. The fourth-order valence-electron chi connectivity index (χ4n) is 0.314. The second kappa shape index (κ2) is 3.24. The molecule has 46 valence electrons. The zero-order chi connectivity index (χ0) is 6.57. The molecule has 0 atom stereocenters. The maximum atomic E-state index is 4.75. The molecule has 0 fully saturated rings. The average molecular weight is 113 g/mol. The number of rotatable bonds is 1. The van der Waals surface area contributed by atoms with Gasteiger partial charge in [0.05, 0.1) is 7.11 Å². The van der Waals surface area contributed by atoms with Gasteiger partial charge in [-0.15, -0.1) is 0 Å². The summed E-state index contributed by atoms with van der Waals surface area (Å²) in [4.78, 5) is 3.90. The van der Waals surface area contributed by atoms with Gasteiger partial charge >= 0.3 is 0 Å². The van der Waals surface area contributed by atoms with Gasteiger partial charge in [0.15, 0.2) is 5.90 Å². The van der Waals surface area contributed by atoms with Crippen LogP contribution in [0, 0.1) is 0 Å². The van der Waals surface area contributed by atoms with Crippen LogP contribution < -0.4 is 0 Å². The molecule has 0 radical (unpaired) electrons. The van der Waals surface area contributed by atoms with Crippen LogP contribution in [-0.4, -0.2) is 13.0 Å². The highest BCUT2D eigenvalue weighted by atomic mass is 16.5. The van der Waals surface area contributed by atoms with Gasteiger partial charge in [0, 0.05) is 12.6 Å².